The number of anilines is 1. The van der Waals surface area contributed by atoms with Crippen LogP contribution < -0.4 is 9.64 Å². The van der Waals surface area contributed by atoms with Gasteiger partial charge in [-0.3, -0.25) is 14.5 Å². The third-order valence-electron chi connectivity index (χ3n) is 5.80. The lowest BCUT2D eigenvalue weighted by Crippen LogP contribution is -2.30. The number of Topliss-reactive ketones (excluding diaryl/α,β-unsaturated/α-hetero) is 1. The van der Waals surface area contributed by atoms with Gasteiger partial charge in [-0.1, -0.05) is 54.1 Å². The molecule has 0 saturated carbocycles. The Hall–Kier alpha value is -3.86. The highest BCUT2D eigenvalue weighted by Crippen LogP contribution is 2.43. The smallest absolute Gasteiger partial charge is 0.300 e. The summed E-state index contributed by atoms with van der Waals surface area (Å²) < 4.78 is 5.38. The van der Waals surface area contributed by atoms with Crippen molar-refractivity contribution in [3.05, 3.63) is 100 Å². The van der Waals surface area contributed by atoms with E-state index in [4.69, 9.17) is 4.74 Å². The Morgan fingerprint density at radius 3 is 2.28 bits per heavy atom. The summed E-state index contributed by atoms with van der Waals surface area (Å²) in [5, 5.41) is 11.2. The third-order valence-corrected chi connectivity index (χ3v) is 5.80. The van der Waals surface area contributed by atoms with Crippen LogP contribution in [0.1, 0.15) is 33.9 Å². The van der Waals surface area contributed by atoms with E-state index in [2.05, 4.69) is 0 Å². The number of amides is 1. The van der Waals surface area contributed by atoms with Crippen LogP contribution in [0.4, 0.5) is 5.69 Å². The molecule has 1 unspecified atom stereocenters. The number of aliphatic hydroxyl groups is 1. The van der Waals surface area contributed by atoms with E-state index in [0.29, 0.717) is 22.6 Å². The number of aliphatic hydroxyl groups excluding tert-OH is 1. The first-order chi connectivity index (χ1) is 15.3. The molecule has 5 heteroatoms. The Morgan fingerprint density at radius 1 is 0.906 bits per heavy atom. The zero-order valence-electron chi connectivity index (χ0n) is 18.5. The van der Waals surface area contributed by atoms with Gasteiger partial charge in [0.25, 0.3) is 11.7 Å². The summed E-state index contributed by atoms with van der Waals surface area (Å²) in [6, 6.07) is 19.4. The van der Waals surface area contributed by atoms with Crippen molar-refractivity contribution < 1.29 is 19.4 Å². The molecule has 0 aliphatic carbocycles. The Balaban J connectivity index is 1.99. The van der Waals surface area contributed by atoms with Crippen molar-refractivity contribution in [1.82, 2.24) is 0 Å². The number of nitrogens with zero attached hydrogens (tertiary/aromatic N) is 1. The number of carbonyl (C=O) groups is 2. The van der Waals surface area contributed by atoms with Crippen LogP contribution in [-0.4, -0.2) is 23.9 Å². The van der Waals surface area contributed by atoms with Gasteiger partial charge in [-0.05, 0) is 55.7 Å². The topological polar surface area (TPSA) is 66.8 Å². The van der Waals surface area contributed by atoms with Crippen LogP contribution in [0.2, 0.25) is 0 Å². The minimum Gasteiger partial charge on any atom is -0.507 e. The van der Waals surface area contributed by atoms with Crippen LogP contribution in [-0.2, 0) is 9.59 Å². The highest BCUT2D eigenvalue weighted by atomic mass is 16.5. The molecule has 162 valence electrons. The fraction of sp³-hybridized carbons (Fsp3) is 0.185. The van der Waals surface area contributed by atoms with Crippen LogP contribution in [0, 0.1) is 20.8 Å². The number of rotatable bonds is 4. The zero-order chi connectivity index (χ0) is 23.0. The molecule has 5 nitrogen and oxygen atoms in total. The molecule has 4 rings (SSSR count). The number of aryl methyl sites for hydroxylation is 3. The van der Waals surface area contributed by atoms with Crippen LogP contribution in [0.3, 0.4) is 0 Å². The molecule has 0 radical (unpaired) electrons. The van der Waals surface area contributed by atoms with Crippen molar-refractivity contribution in [2.24, 2.45) is 0 Å². The minimum absolute atomic E-state index is 0.0630. The van der Waals surface area contributed by atoms with Crippen LogP contribution in [0.5, 0.6) is 5.75 Å². The summed E-state index contributed by atoms with van der Waals surface area (Å²) in [6.07, 6.45) is 0. The molecule has 1 amide bonds. The molecule has 0 spiro atoms. The summed E-state index contributed by atoms with van der Waals surface area (Å²) in [5.41, 5.74) is 4.73. The van der Waals surface area contributed by atoms with Crippen LogP contribution in [0.15, 0.2) is 72.3 Å². The number of ketones is 1. The second kappa shape index (κ2) is 8.35. The summed E-state index contributed by atoms with van der Waals surface area (Å²) in [5.74, 6) is -0.967. The highest BCUT2D eigenvalue weighted by molar-refractivity contribution is 6.51. The van der Waals surface area contributed by atoms with Crippen molar-refractivity contribution in [2.45, 2.75) is 26.8 Å². The number of ether oxygens (including phenoxy) is 1. The average molecular weight is 428 g/mol. The molecule has 1 atom stereocenters. The van der Waals surface area contributed by atoms with E-state index in [1.807, 2.05) is 63.2 Å². The molecule has 3 aromatic carbocycles. The lowest BCUT2D eigenvalue weighted by Gasteiger charge is -2.27. The lowest BCUT2D eigenvalue weighted by atomic mass is 9.94. The predicted molar refractivity (Wildman–Crippen MR) is 125 cm³/mol. The number of hydrogen-bond donors (Lipinski definition) is 1. The number of methoxy groups -OCH3 is 1. The summed E-state index contributed by atoms with van der Waals surface area (Å²) >= 11 is 0. The van der Waals surface area contributed by atoms with E-state index in [1.165, 1.54) is 4.90 Å². The Morgan fingerprint density at radius 2 is 1.59 bits per heavy atom. The van der Waals surface area contributed by atoms with Gasteiger partial charge < -0.3 is 9.84 Å². The van der Waals surface area contributed by atoms with Gasteiger partial charge in [0.05, 0.1) is 18.7 Å². The molecule has 0 bridgehead atoms. The van der Waals surface area contributed by atoms with Crippen molar-refractivity contribution >= 4 is 23.1 Å². The van der Waals surface area contributed by atoms with E-state index >= 15 is 0 Å². The third kappa shape index (κ3) is 3.66. The second-order valence-corrected chi connectivity index (χ2v) is 8.10. The maximum Gasteiger partial charge on any atom is 0.300 e. The van der Waals surface area contributed by atoms with Gasteiger partial charge in [-0.2, -0.15) is 0 Å². The quantitative estimate of drug-likeness (QED) is 0.351. The Kier molecular flexibility index (Phi) is 5.57. The van der Waals surface area contributed by atoms with E-state index in [0.717, 1.165) is 16.7 Å². The number of hydrogen-bond acceptors (Lipinski definition) is 4. The second-order valence-electron chi connectivity index (χ2n) is 8.10. The van der Waals surface area contributed by atoms with Crippen molar-refractivity contribution in [3.63, 3.8) is 0 Å². The van der Waals surface area contributed by atoms with Crippen LogP contribution in [0.25, 0.3) is 5.76 Å². The van der Waals surface area contributed by atoms with Gasteiger partial charge in [0, 0.05) is 11.3 Å². The Labute approximate surface area is 187 Å². The van der Waals surface area contributed by atoms with Crippen molar-refractivity contribution in [2.75, 3.05) is 12.0 Å². The number of carbonyl (C=O) groups excluding carboxylic acids is 2. The highest BCUT2D eigenvalue weighted by Gasteiger charge is 2.47. The van der Waals surface area contributed by atoms with E-state index in [9.17, 15) is 14.7 Å². The maximum absolute atomic E-state index is 13.3. The minimum atomic E-state index is -0.785. The molecular weight excluding hydrogens is 402 g/mol. The standard InChI is InChI=1S/C27H25NO4/c1-16-9-12-19(13-10-16)25(29)23-24(20-6-5-7-21(15-20)32-4)28(27(31)26(23)30)22-14-17(2)8-11-18(22)3/h5-15,24,29H,1-4H3/b25-23+. The molecular formula is C27H25NO4. The molecule has 1 aliphatic heterocycles. The Bertz CT molecular complexity index is 1240. The SMILES string of the molecule is COc1cccc(C2/C(=C(\O)c3ccc(C)cc3)C(=O)C(=O)N2c2cc(C)ccc2C)c1. The lowest BCUT2D eigenvalue weighted by molar-refractivity contribution is -0.132. The van der Waals surface area contributed by atoms with Crippen LogP contribution >= 0.6 is 0 Å². The predicted octanol–water partition coefficient (Wildman–Crippen LogP) is 5.25. The first-order valence-electron chi connectivity index (χ1n) is 10.4. The van der Waals surface area contributed by atoms with Gasteiger partial charge in [0.1, 0.15) is 11.5 Å². The van der Waals surface area contributed by atoms with Crippen molar-refractivity contribution in [1.29, 1.82) is 0 Å². The average Bonchev–Trinajstić information content (AvgIpc) is 3.06. The molecule has 1 saturated heterocycles. The maximum atomic E-state index is 13.3. The van der Waals surface area contributed by atoms with E-state index < -0.39 is 17.7 Å². The normalized spacial score (nSPS) is 17.6. The van der Waals surface area contributed by atoms with Gasteiger partial charge in [0.15, 0.2) is 0 Å². The molecule has 1 N–H and O–H groups in total. The first kappa shape index (κ1) is 21.4. The summed E-state index contributed by atoms with van der Waals surface area (Å²) in [4.78, 5) is 28.1. The monoisotopic (exact) mass is 427 g/mol. The van der Waals surface area contributed by atoms with Gasteiger partial charge in [-0.25, -0.2) is 0 Å². The summed E-state index contributed by atoms with van der Waals surface area (Å²) in [7, 11) is 1.56. The molecule has 1 heterocycles. The first-order valence-corrected chi connectivity index (χ1v) is 10.4. The van der Waals surface area contributed by atoms with Crippen molar-refractivity contribution in [3.8, 4) is 5.75 Å². The fourth-order valence-corrected chi connectivity index (χ4v) is 4.05. The largest absolute Gasteiger partial charge is 0.507 e. The summed E-state index contributed by atoms with van der Waals surface area (Å²) in [6.45, 7) is 5.78. The molecule has 1 aliphatic rings. The fourth-order valence-electron chi connectivity index (χ4n) is 4.05. The van der Waals surface area contributed by atoms with E-state index in [-0.39, 0.29) is 11.3 Å². The zero-order valence-corrected chi connectivity index (χ0v) is 18.5. The van der Waals surface area contributed by atoms with E-state index in [1.54, 1.807) is 31.4 Å². The van der Waals surface area contributed by atoms with Gasteiger partial charge in [-0.15, -0.1) is 0 Å². The number of benzene rings is 3. The van der Waals surface area contributed by atoms with Gasteiger partial charge >= 0.3 is 0 Å². The molecule has 3 aromatic rings. The molecule has 32 heavy (non-hydrogen) atoms. The van der Waals surface area contributed by atoms with Gasteiger partial charge in [0.2, 0.25) is 0 Å². The molecule has 1 fully saturated rings. The molecule has 0 aromatic heterocycles.